The van der Waals surface area contributed by atoms with Crippen LogP contribution in [0.4, 0.5) is 11.4 Å². The van der Waals surface area contributed by atoms with Gasteiger partial charge in [-0.05, 0) is 25.0 Å². The smallest absolute Gasteiger partial charge is 0.271 e. The Balaban J connectivity index is 1.78. The van der Waals surface area contributed by atoms with Crippen LogP contribution in [0.25, 0.3) is 0 Å². The Labute approximate surface area is 149 Å². The monoisotopic (exact) mass is 366 g/mol. The van der Waals surface area contributed by atoms with Gasteiger partial charge in [0.1, 0.15) is 0 Å². The Morgan fingerprint density at radius 1 is 1.08 bits per heavy atom. The Morgan fingerprint density at radius 3 is 2.33 bits per heavy atom. The summed E-state index contributed by atoms with van der Waals surface area (Å²) in [6, 6.07) is 11.8. The zero-order chi connectivity index (χ0) is 17.3. The summed E-state index contributed by atoms with van der Waals surface area (Å²) >= 11 is 12.4. The van der Waals surface area contributed by atoms with E-state index in [4.69, 9.17) is 23.2 Å². The Kier molecular flexibility index (Phi) is 4.67. The highest BCUT2D eigenvalue weighted by molar-refractivity contribution is 6.33. The average Bonchev–Trinajstić information content (AvgIpc) is 2.56. The van der Waals surface area contributed by atoms with Crippen molar-refractivity contribution in [1.82, 2.24) is 0 Å². The molecule has 0 unspecified atom stereocenters. The molecule has 126 valence electrons. The van der Waals surface area contributed by atoms with Crippen LogP contribution < -0.4 is 4.90 Å². The van der Waals surface area contributed by atoms with E-state index in [9.17, 15) is 15.2 Å². The summed E-state index contributed by atoms with van der Waals surface area (Å²) in [5.74, 6) is 0. The van der Waals surface area contributed by atoms with Crippen LogP contribution in [0.1, 0.15) is 18.4 Å². The molecule has 0 amide bonds. The maximum absolute atomic E-state index is 10.9. The normalized spacial score (nSPS) is 16.9. The standard InChI is InChI=1S/C17H16Cl2N2O3/c18-14-4-2-1-3-13(14)17(22)7-9-20(10-8-17)16-6-5-12(21(23)24)11-15(16)19/h1-6,11,22H,7-10H2. The molecule has 1 aliphatic heterocycles. The predicted molar refractivity (Wildman–Crippen MR) is 94.9 cm³/mol. The van der Waals surface area contributed by atoms with E-state index in [1.807, 2.05) is 23.1 Å². The van der Waals surface area contributed by atoms with Crippen molar-refractivity contribution in [2.45, 2.75) is 18.4 Å². The summed E-state index contributed by atoms with van der Waals surface area (Å²) in [6.45, 7) is 1.17. The fraction of sp³-hybridized carbons (Fsp3) is 0.294. The largest absolute Gasteiger partial charge is 0.385 e. The van der Waals surface area contributed by atoms with Gasteiger partial charge in [0.25, 0.3) is 5.69 Å². The minimum Gasteiger partial charge on any atom is -0.385 e. The van der Waals surface area contributed by atoms with Gasteiger partial charge < -0.3 is 10.0 Å². The van der Waals surface area contributed by atoms with Gasteiger partial charge in [0.05, 0.1) is 21.2 Å². The minimum absolute atomic E-state index is 0.0340. The molecule has 3 rings (SSSR count). The second kappa shape index (κ2) is 6.59. The topological polar surface area (TPSA) is 66.6 Å². The predicted octanol–water partition coefficient (Wildman–Crippen LogP) is 4.39. The van der Waals surface area contributed by atoms with E-state index < -0.39 is 10.5 Å². The van der Waals surface area contributed by atoms with E-state index in [2.05, 4.69) is 0 Å². The fourth-order valence-corrected chi connectivity index (χ4v) is 3.70. The molecule has 0 aromatic heterocycles. The summed E-state index contributed by atoms with van der Waals surface area (Å²) in [4.78, 5) is 12.4. The molecule has 1 heterocycles. The van der Waals surface area contributed by atoms with Gasteiger partial charge in [-0.3, -0.25) is 10.1 Å². The van der Waals surface area contributed by atoms with Gasteiger partial charge in [0.2, 0.25) is 0 Å². The number of rotatable bonds is 3. The highest BCUT2D eigenvalue weighted by Gasteiger charge is 2.36. The van der Waals surface area contributed by atoms with Crippen molar-refractivity contribution in [3.8, 4) is 0 Å². The molecule has 1 aliphatic rings. The molecule has 7 heteroatoms. The van der Waals surface area contributed by atoms with Gasteiger partial charge in [-0.15, -0.1) is 0 Å². The van der Waals surface area contributed by atoms with Gasteiger partial charge in [-0.1, -0.05) is 41.4 Å². The number of hydrogen-bond acceptors (Lipinski definition) is 4. The molecule has 0 radical (unpaired) electrons. The highest BCUT2D eigenvalue weighted by Crippen LogP contribution is 2.39. The van der Waals surface area contributed by atoms with Crippen molar-refractivity contribution in [3.63, 3.8) is 0 Å². The molecule has 0 atom stereocenters. The molecular formula is C17H16Cl2N2O3. The van der Waals surface area contributed by atoms with Gasteiger partial charge >= 0.3 is 0 Å². The van der Waals surface area contributed by atoms with E-state index in [1.165, 1.54) is 12.1 Å². The maximum atomic E-state index is 10.9. The third-order valence-electron chi connectivity index (χ3n) is 4.45. The van der Waals surface area contributed by atoms with Crippen molar-refractivity contribution < 1.29 is 10.0 Å². The van der Waals surface area contributed by atoms with Crippen LogP contribution in [-0.2, 0) is 5.60 Å². The van der Waals surface area contributed by atoms with Gasteiger partial charge in [-0.2, -0.15) is 0 Å². The first-order chi connectivity index (χ1) is 11.4. The molecule has 2 aromatic carbocycles. The lowest BCUT2D eigenvalue weighted by Gasteiger charge is -2.40. The Hall–Kier alpha value is -1.82. The molecule has 5 nitrogen and oxygen atoms in total. The minimum atomic E-state index is -0.970. The van der Waals surface area contributed by atoms with Crippen molar-refractivity contribution in [1.29, 1.82) is 0 Å². The number of nitrogens with zero attached hydrogens (tertiary/aromatic N) is 2. The van der Waals surface area contributed by atoms with Crippen LogP contribution >= 0.6 is 23.2 Å². The molecule has 1 fully saturated rings. The number of hydrogen-bond donors (Lipinski definition) is 1. The van der Waals surface area contributed by atoms with Crippen molar-refractivity contribution >= 4 is 34.6 Å². The van der Waals surface area contributed by atoms with Gasteiger partial charge in [-0.25, -0.2) is 0 Å². The molecule has 0 aliphatic carbocycles. The van der Waals surface area contributed by atoms with Crippen LogP contribution in [-0.4, -0.2) is 23.1 Å². The van der Waals surface area contributed by atoms with Crippen LogP contribution in [0.5, 0.6) is 0 Å². The van der Waals surface area contributed by atoms with E-state index in [1.54, 1.807) is 12.1 Å². The van der Waals surface area contributed by atoms with Gasteiger partial charge in [0.15, 0.2) is 0 Å². The number of nitro benzene ring substituents is 1. The molecule has 2 aromatic rings. The Bertz CT molecular complexity index is 774. The van der Waals surface area contributed by atoms with E-state index in [0.29, 0.717) is 36.0 Å². The zero-order valence-corrected chi connectivity index (χ0v) is 14.3. The summed E-state index contributed by atoms with van der Waals surface area (Å²) in [6.07, 6.45) is 1.01. The summed E-state index contributed by atoms with van der Waals surface area (Å²) in [5.41, 5.74) is 0.472. The third kappa shape index (κ3) is 3.20. The molecule has 0 bridgehead atoms. The number of anilines is 1. The quantitative estimate of drug-likeness (QED) is 0.646. The zero-order valence-electron chi connectivity index (χ0n) is 12.8. The van der Waals surface area contributed by atoms with Crippen LogP contribution in [0.15, 0.2) is 42.5 Å². The first-order valence-electron chi connectivity index (χ1n) is 7.57. The van der Waals surface area contributed by atoms with Gasteiger partial charge in [0, 0.05) is 35.8 Å². The van der Waals surface area contributed by atoms with Crippen LogP contribution in [0.2, 0.25) is 10.0 Å². The summed E-state index contributed by atoms with van der Waals surface area (Å²) in [5, 5.41) is 22.6. The number of non-ortho nitro benzene ring substituents is 1. The molecule has 1 N–H and O–H groups in total. The first-order valence-corrected chi connectivity index (χ1v) is 8.32. The lowest BCUT2D eigenvalue weighted by Crippen LogP contribution is -2.42. The molecular weight excluding hydrogens is 351 g/mol. The summed E-state index contributed by atoms with van der Waals surface area (Å²) < 4.78 is 0. The molecule has 24 heavy (non-hydrogen) atoms. The lowest BCUT2D eigenvalue weighted by atomic mass is 9.84. The SMILES string of the molecule is O=[N+]([O-])c1ccc(N2CCC(O)(c3ccccc3Cl)CC2)c(Cl)c1. The second-order valence-electron chi connectivity index (χ2n) is 5.89. The van der Waals surface area contributed by atoms with Crippen molar-refractivity contribution in [2.24, 2.45) is 0 Å². The second-order valence-corrected chi connectivity index (χ2v) is 6.71. The Morgan fingerprint density at radius 2 is 1.75 bits per heavy atom. The fourth-order valence-electron chi connectivity index (χ4n) is 3.09. The van der Waals surface area contributed by atoms with E-state index in [0.717, 1.165) is 11.3 Å². The third-order valence-corrected chi connectivity index (χ3v) is 5.08. The molecule has 0 saturated carbocycles. The number of benzene rings is 2. The number of halogens is 2. The van der Waals surface area contributed by atoms with Crippen molar-refractivity contribution in [2.75, 3.05) is 18.0 Å². The number of piperidine rings is 1. The van der Waals surface area contributed by atoms with Crippen LogP contribution in [0, 0.1) is 10.1 Å². The number of aliphatic hydroxyl groups is 1. The molecule has 0 spiro atoms. The van der Waals surface area contributed by atoms with E-state index >= 15 is 0 Å². The first kappa shape index (κ1) is 17.0. The maximum Gasteiger partial charge on any atom is 0.271 e. The van der Waals surface area contributed by atoms with E-state index in [-0.39, 0.29) is 5.69 Å². The highest BCUT2D eigenvalue weighted by atomic mass is 35.5. The molecule has 1 saturated heterocycles. The summed E-state index contributed by atoms with van der Waals surface area (Å²) in [7, 11) is 0. The lowest BCUT2D eigenvalue weighted by molar-refractivity contribution is -0.384. The van der Waals surface area contributed by atoms with Crippen LogP contribution in [0.3, 0.4) is 0 Å². The average molecular weight is 367 g/mol. The van der Waals surface area contributed by atoms with Crippen molar-refractivity contribution in [3.05, 3.63) is 68.2 Å². The number of nitro groups is 1.